The molecule has 0 amide bonds. The van der Waals surface area contributed by atoms with Gasteiger partial charge in [0.25, 0.3) is 0 Å². The summed E-state index contributed by atoms with van der Waals surface area (Å²) in [6.07, 6.45) is 0. The highest BCUT2D eigenvalue weighted by molar-refractivity contribution is 9.10. The molecule has 0 saturated heterocycles. The molecule has 0 aliphatic rings. The highest BCUT2D eigenvalue weighted by atomic mass is 79.9. The van der Waals surface area contributed by atoms with Gasteiger partial charge in [0.2, 0.25) is 0 Å². The topological polar surface area (TPSA) is 12.0 Å². The molecule has 0 unspecified atom stereocenters. The van der Waals surface area contributed by atoms with E-state index < -0.39 is 0 Å². The van der Waals surface area contributed by atoms with Crippen LogP contribution in [0.25, 0.3) is 0 Å². The molecular formula is C14H12BrClFN. The number of benzene rings is 2. The fourth-order valence-electron chi connectivity index (χ4n) is 1.60. The minimum absolute atomic E-state index is 0.165. The van der Waals surface area contributed by atoms with Gasteiger partial charge in [-0.3, -0.25) is 0 Å². The lowest BCUT2D eigenvalue weighted by atomic mass is 10.2. The second-order valence-electron chi connectivity index (χ2n) is 3.98. The van der Waals surface area contributed by atoms with Crippen molar-refractivity contribution >= 4 is 27.5 Å². The molecule has 0 atom stereocenters. The van der Waals surface area contributed by atoms with Crippen molar-refractivity contribution in [3.8, 4) is 0 Å². The van der Waals surface area contributed by atoms with E-state index >= 15 is 0 Å². The van der Waals surface area contributed by atoms with E-state index in [9.17, 15) is 4.39 Å². The smallest absolute Gasteiger partial charge is 0.141 e. The van der Waals surface area contributed by atoms with E-state index in [4.69, 9.17) is 11.6 Å². The summed E-state index contributed by atoms with van der Waals surface area (Å²) in [5.41, 5.74) is 2.17. The molecule has 2 aromatic carbocycles. The molecule has 0 radical (unpaired) electrons. The van der Waals surface area contributed by atoms with Crippen LogP contribution in [0.2, 0.25) is 5.02 Å². The van der Waals surface area contributed by atoms with Crippen molar-refractivity contribution in [2.75, 3.05) is 0 Å². The number of hydrogen-bond donors (Lipinski definition) is 1. The van der Waals surface area contributed by atoms with Crippen molar-refractivity contribution in [2.45, 2.75) is 13.1 Å². The van der Waals surface area contributed by atoms with Crippen molar-refractivity contribution in [2.24, 2.45) is 0 Å². The highest BCUT2D eigenvalue weighted by Crippen LogP contribution is 2.16. The Hall–Kier alpha value is -0.900. The van der Waals surface area contributed by atoms with E-state index in [-0.39, 0.29) is 10.8 Å². The molecule has 0 bridgehead atoms. The van der Waals surface area contributed by atoms with E-state index in [1.807, 2.05) is 12.1 Å². The molecule has 1 nitrogen and oxygen atoms in total. The molecular weight excluding hydrogens is 317 g/mol. The molecule has 4 heteroatoms. The first kappa shape index (κ1) is 13.5. The Labute approximate surface area is 119 Å². The number of rotatable bonds is 4. The second-order valence-corrected chi connectivity index (χ2v) is 5.30. The van der Waals surface area contributed by atoms with Gasteiger partial charge in [-0.1, -0.05) is 45.7 Å². The van der Waals surface area contributed by atoms with Gasteiger partial charge in [0.1, 0.15) is 5.82 Å². The molecule has 0 spiro atoms. The van der Waals surface area contributed by atoms with Crippen molar-refractivity contribution in [1.82, 2.24) is 5.32 Å². The Kier molecular flexibility index (Phi) is 4.75. The van der Waals surface area contributed by atoms with E-state index in [0.717, 1.165) is 16.6 Å². The maximum Gasteiger partial charge on any atom is 0.141 e. The van der Waals surface area contributed by atoms with Crippen molar-refractivity contribution < 1.29 is 4.39 Å². The standard InChI is InChI=1S/C14H12BrClFN/c15-12-4-1-10(2-5-12)8-18-9-11-3-6-14(17)13(16)7-11/h1-7,18H,8-9H2. The lowest BCUT2D eigenvalue weighted by Gasteiger charge is -2.06. The van der Waals surface area contributed by atoms with E-state index in [1.54, 1.807) is 12.1 Å². The van der Waals surface area contributed by atoms with Gasteiger partial charge in [-0.2, -0.15) is 0 Å². The minimum atomic E-state index is -0.381. The van der Waals surface area contributed by atoms with Gasteiger partial charge < -0.3 is 5.32 Å². The van der Waals surface area contributed by atoms with Crippen LogP contribution in [0.4, 0.5) is 4.39 Å². The predicted octanol–water partition coefficient (Wildman–Crippen LogP) is 4.53. The lowest BCUT2D eigenvalue weighted by molar-refractivity contribution is 0.625. The lowest BCUT2D eigenvalue weighted by Crippen LogP contribution is -2.12. The van der Waals surface area contributed by atoms with Crippen LogP contribution in [0.1, 0.15) is 11.1 Å². The van der Waals surface area contributed by atoms with Crippen LogP contribution >= 0.6 is 27.5 Å². The summed E-state index contributed by atoms with van der Waals surface area (Å²) in [6.45, 7) is 1.43. The third-order valence-corrected chi connectivity index (χ3v) is 3.37. The molecule has 0 fully saturated rings. The quantitative estimate of drug-likeness (QED) is 0.869. The van der Waals surface area contributed by atoms with Crippen LogP contribution in [0.15, 0.2) is 46.9 Å². The van der Waals surface area contributed by atoms with Gasteiger partial charge in [0.15, 0.2) is 0 Å². The molecule has 2 rings (SSSR count). The highest BCUT2D eigenvalue weighted by Gasteiger charge is 2.00. The summed E-state index contributed by atoms with van der Waals surface area (Å²) in [7, 11) is 0. The van der Waals surface area contributed by atoms with Crippen LogP contribution in [0, 0.1) is 5.82 Å². The zero-order valence-electron chi connectivity index (χ0n) is 9.59. The number of halogens is 3. The molecule has 2 aromatic rings. The maximum absolute atomic E-state index is 13.0. The first-order chi connectivity index (χ1) is 8.65. The van der Waals surface area contributed by atoms with Crippen LogP contribution in [-0.4, -0.2) is 0 Å². The summed E-state index contributed by atoms with van der Waals surface area (Å²) in [4.78, 5) is 0. The Balaban J connectivity index is 1.88. The van der Waals surface area contributed by atoms with Gasteiger partial charge >= 0.3 is 0 Å². The zero-order valence-corrected chi connectivity index (χ0v) is 11.9. The molecule has 0 saturated carbocycles. The monoisotopic (exact) mass is 327 g/mol. The largest absolute Gasteiger partial charge is 0.309 e. The van der Waals surface area contributed by atoms with Gasteiger partial charge in [-0.15, -0.1) is 0 Å². The van der Waals surface area contributed by atoms with Crippen molar-refractivity contribution in [3.63, 3.8) is 0 Å². The van der Waals surface area contributed by atoms with E-state index in [2.05, 4.69) is 33.4 Å². The minimum Gasteiger partial charge on any atom is -0.309 e. The number of nitrogens with one attached hydrogen (secondary N) is 1. The second kappa shape index (κ2) is 6.32. The van der Waals surface area contributed by atoms with Crippen LogP contribution in [-0.2, 0) is 13.1 Å². The average molecular weight is 329 g/mol. The summed E-state index contributed by atoms with van der Waals surface area (Å²) in [5.74, 6) is -0.381. The first-order valence-corrected chi connectivity index (χ1v) is 6.71. The van der Waals surface area contributed by atoms with Crippen LogP contribution in [0.5, 0.6) is 0 Å². The van der Waals surface area contributed by atoms with Gasteiger partial charge in [-0.25, -0.2) is 4.39 Å². The van der Waals surface area contributed by atoms with Gasteiger partial charge in [0.05, 0.1) is 5.02 Å². The summed E-state index contributed by atoms with van der Waals surface area (Å²) in [5, 5.41) is 3.45. The van der Waals surface area contributed by atoms with Crippen molar-refractivity contribution in [1.29, 1.82) is 0 Å². The summed E-state index contributed by atoms with van der Waals surface area (Å²) >= 11 is 9.11. The fourth-order valence-corrected chi connectivity index (χ4v) is 2.07. The van der Waals surface area contributed by atoms with Gasteiger partial charge in [0, 0.05) is 17.6 Å². The maximum atomic E-state index is 13.0. The van der Waals surface area contributed by atoms with Crippen LogP contribution < -0.4 is 5.32 Å². The fraction of sp³-hybridized carbons (Fsp3) is 0.143. The molecule has 0 aromatic heterocycles. The molecule has 0 aliphatic heterocycles. The summed E-state index contributed by atoms with van der Waals surface area (Å²) < 4.78 is 14.0. The van der Waals surface area contributed by atoms with Gasteiger partial charge in [-0.05, 0) is 35.4 Å². The van der Waals surface area contributed by atoms with E-state index in [1.165, 1.54) is 11.6 Å². The zero-order chi connectivity index (χ0) is 13.0. The molecule has 1 N–H and O–H groups in total. The normalized spacial score (nSPS) is 10.6. The third kappa shape index (κ3) is 3.80. The van der Waals surface area contributed by atoms with E-state index in [0.29, 0.717) is 6.54 Å². The molecule has 94 valence electrons. The first-order valence-electron chi connectivity index (χ1n) is 5.54. The Morgan fingerprint density at radius 3 is 2.28 bits per heavy atom. The number of hydrogen-bond acceptors (Lipinski definition) is 1. The molecule has 0 aliphatic carbocycles. The van der Waals surface area contributed by atoms with Crippen molar-refractivity contribution in [3.05, 3.63) is 68.9 Å². The average Bonchev–Trinajstić information content (AvgIpc) is 2.36. The summed E-state index contributed by atoms with van der Waals surface area (Å²) in [6, 6.07) is 12.9. The Bertz CT molecular complexity index is 528. The third-order valence-electron chi connectivity index (χ3n) is 2.56. The van der Waals surface area contributed by atoms with Crippen LogP contribution in [0.3, 0.4) is 0 Å². The molecule has 0 heterocycles. The Morgan fingerprint density at radius 2 is 1.61 bits per heavy atom. The SMILES string of the molecule is Fc1ccc(CNCc2ccc(Br)cc2)cc1Cl. The molecule has 18 heavy (non-hydrogen) atoms. The predicted molar refractivity (Wildman–Crippen MR) is 76.1 cm³/mol. The Morgan fingerprint density at radius 1 is 1.00 bits per heavy atom.